The average Bonchev–Trinajstić information content (AvgIpc) is 2.79. The van der Waals surface area contributed by atoms with Gasteiger partial charge >= 0.3 is 5.69 Å². The van der Waals surface area contributed by atoms with Crippen molar-refractivity contribution in [3.05, 3.63) is 32.6 Å². The molecule has 112 valence electrons. The van der Waals surface area contributed by atoms with Crippen molar-refractivity contribution in [2.75, 3.05) is 13.2 Å². The lowest BCUT2D eigenvalue weighted by molar-refractivity contribution is -0.0462. The van der Waals surface area contributed by atoms with Gasteiger partial charge < -0.3 is 25.2 Å². The fourth-order valence-electron chi connectivity index (χ4n) is 2.10. The molecule has 0 spiro atoms. The molecule has 2 heterocycles. The Morgan fingerprint density at radius 3 is 2.70 bits per heavy atom. The Kier molecular flexibility index (Phi) is 4.35. The van der Waals surface area contributed by atoms with Crippen molar-refractivity contribution in [3.63, 3.8) is 0 Å². The molecule has 1 aromatic rings. The second-order valence-corrected chi connectivity index (χ2v) is 4.56. The Morgan fingerprint density at radius 1 is 1.45 bits per heavy atom. The second-order valence-electron chi connectivity index (χ2n) is 4.56. The molecular formula is C11H16N2O7. The monoisotopic (exact) mass is 288 g/mol. The van der Waals surface area contributed by atoms with Gasteiger partial charge in [-0.3, -0.25) is 14.3 Å². The molecule has 0 aromatic carbocycles. The molecule has 4 atom stereocenters. The fraction of sp³-hybridized carbons (Fsp3) is 0.636. The van der Waals surface area contributed by atoms with E-state index in [0.717, 1.165) is 10.8 Å². The molecule has 1 fully saturated rings. The molecule has 0 amide bonds. The topological polar surface area (TPSA) is 145 Å². The van der Waals surface area contributed by atoms with Crippen molar-refractivity contribution in [2.24, 2.45) is 0 Å². The highest BCUT2D eigenvalue weighted by atomic mass is 16.5. The Labute approximate surface area is 112 Å². The first-order valence-electron chi connectivity index (χ1n) is 6.06. The molecule has 0 bridgehead atoms. The van der Waals surface area contributed by atoms with Gasteiger partial charge in [-0.15, -0.1) is 0 Å². The van der Waals surface area contributed by atoms with E-state index in [1.54, 1.807) is 0 Å². The number of hydrogen-bond donors (Lipinski definition) is 5. The summed E-state index contributed by atoms with van der Waals surface area (Å²) in [4.78, 5) is 25.3. The van der Waals surface area contributed by atoms with Crippen LogP contribution in [-0.2, 0) is 4.74 Å². The zero-order valence-corrected chi connectivity index (χ0v) is 10.5. The largest absolute Gasteiger partial charge is 0.394 e. The van der Waals surface area contributed by atoms with Gasteiger partial charge in [-0.1, -0.05) is 0 Å². The van der Waals surface area contributed by atoms with Crippen molar-refractivity contribution >= 4 is 0 Å². The first-order valence-corrected chi connectivity index (χ1v) is 6.06. The summed E-state index contributed by atoms with van der Waals surface area (Å²) in [5, 5.41) is 37.0. The normalized spacial score (nSPS) is 27.7. The van der Waals surface area contributed by atoms with Gasteiger partial charge in [-0.05, 0) is 0 Å². The van der Waals surface area contributed by atoms with Gasteiger partial charge in [0.25, 0.3) is 5.56 Å². The van der Waals surface area contributed by atoms with Crippen LogP contribution in [-0.4, -0.2) is 55.4 Å². The number of aromatic nitrogens is 2. The lowest BCUT2D eigenvalue weighted by Crippen LogP contribution is -2.35. The summed E-state index contributed by atoms with van der Waals surface area (Å²) in [5.74, 6) is 0. The number of aromatic amines is 1. The minimum Gasteiger partial charge on any atom is -0.394 e. The third-order valence-electron chi connectivity index (χ3n) is 3.22. The zero-order valence-electron chi connectivity index (χ0n) is 10.5. The average molecular weight is 288 g/mol. The van der Waals surface area contributed by atoms with Crippen LogP contribution in [0, 0.1) is 0 Å². The van der Waals surface area contributed by atoms with Crippen molar-refractivity contribution in [1.29, 1.82) is 0 Å². The van der Waals surface area contributed by atoms with Crippen LogP contribution in [0.4, 0.5) is 0 Å². The summed E-state index contributed by atoms with van der Waals surface area (Å²) in [6.45, 7) is -1.07. The number of aliphatic hydroxyl groups is 4. The molecular weight excluding hydrogens is 272 g/mol. The molecule has 0 aliphatic carbocycles. The van der Waals surface area contributed by atoms with E-state index in [4.69, 9.17) is 14.9 Å². The van der Waals surface area contributed by atoms with Gasteiger partial charge in [0.1, 0.15) is 18.4 Å². The maximum absolute atomic E-state index is 11.7. The van der Waals surface area contributed by atoms with Gasteiger partial charge in [-0.2, -0.15) is 0 Å². The summed E-state index contributed by atoms with van der Waals surface area (Å²) in [6.07, 6.45) is -2.90. The van der Waals surface area contributed by atoms with Gasteiger partial charge in [-0.25, -0.2) is 4.79 Å². The van der Waals surface area contributed by atoms with Gasteiger partial charge in [0.15, 0.2) is 0 Å². The molecule has 20 heavy (non-hydrogen) atoms. The van der Waals surface area contributed by atoms with Gasteiger partial charge in [0.2, 0.25) is 0 Å². The summed E-state index contributed by atoms with van der Waals surface area (Å²) >= 11 is 0. The maximum atomic E-state index is 11.7. The molecule has 0 saturated carbocycles. The lowest BCUT2D eigenvalue weighted by Gasteiger charge is -2.16. The highest BCUT2D eigenvalue weighted by molar-refractivity contribution is 5.09. The van der Waals surface area contributed by atoms with Crippen LogP contribution >= 0.6 is 0 Å². The number of aliphatic hydroxyl groups excluding tert-OH is 4. The van der Waals surface area contributed by atoms with Crippen LogP contribution in [0.5, 0.6) is 0 Å². The highest BCUT2D eigenvalue weighted by Crippen LogP contribution is 2.27. The minimum absolute atomic E-state index is 0.0613. The molecule has 1 aliphatic rings. The van der Waals surface area contributed by atoms with E-state index < -0.39 is 49.0 Å². The number of rotatable bonds is 4. The van der Waals surface area contributed by atoms with Gasteiger partial charge in [0, 0.05) is 12.6 Å². The first kappa shape index (κ1) is 14.9. The van der Waals surface area contributed by atoms with Crippen molar-refractivity contribution in [2.45, 2.75) is 31.0 Å². The summed E-state index contributed by atoms with van der Waals surface area (Å²) in [6, 6.07) is 0. The van der Waals surface area contributed by atoms with Gasteiger partial charge in [0.05, 0.1) is 24.9 Å². The van der Waals surface area contributed by atoms with Crippen LogP contribution in [0.2, 0.25) is 0 Å². The number of nitrogens with one attached hydrogen (secondary N) is 1. The van der Waals surface area contributed by atoms with Crippen LogP contribution < -0.4 is 11.2 Å². The highest BCUT2D eigenvalue weighted by Gasteiger charge is 2.35. The van der Waals surface area contributed by atoms with E-state index in [9.17, 15) is 19.8 Å². The van der Waals surface area contributed by atoms with Crippen molar-refractivity contribution < 1.29 is 25.2 Å². The maximum Gasteiger partial charge on any atom is 0.330 e. The van der Waals surface area contributed by atoms with E-state index in [0.29, 0.717) is 0 Å². The Morgan fingerprint density at radius 2 is 2.15 bits per heavy atom. The Bertz CT molecular complexity index is 581. The van der Waals surface area contributed by atoms with E-state index in [1.165, 1.54) is 0 Å². The Hall–Kier alpha value is -1.52. The predicted molar refractivity (Wildman–Crippen MR) is 65.0 cm³/mol. The Balaban J connectivity index is 2.38. The smallest absolute Gasteiger partial charge is 0.330 e. The van der Waals surface area contributed by atoms with Crippen LogP contribution in [0.25, 0.3) is 0 Å². The molecule has 1 unspecified atom stereocenters. The van der Waals surface area contributed by atoms with E-state index in [1.807, 2.05) is 4.98 Å². The number of H-pyrrole nitrogens is 1. The first-order chi connectivity index (χ1) is 9.47. The van der Waals surface area contributed by atoms with Crippen molar-refractivity contribution in [3.8, 4) is 0 Å². The lowest BCUT2D eigenvalue weighted by atomic mass is 10.2. The second kappa shape index (κ2) is 5.85. The van der Waals surface area contributed by atoms with E-state index in [2.05, 4.69) is 0 Å². The molecule has 2 rings (SSSR count). The van der Waals surface area contributed by atoms with E-state index >= 15 is 0 Å². The summed E-state index contributed by atoms with van der Waals surface area (Å²) in [5.41, 5.74) is -1.75. The van der Waals surface area contributed by atoms with E-state index in [-0.39, 0.29) is 12.0 Å². The fourth-order valence-corrected chi connectivity index (χ4v) is 2.10. The summed E-state index contributed by atoms with van der Waals surface area (Å²) in [7, 11) is 0. The molecule has 9 nitrogen and oxygen atoms in total. The van der Waals surface area contributed by atoms with Crippen LogP contribution in [0.1, 0.15) is 24.3 Å². The predicted octanol–water partition coefficient (Wildman–Crippen LogP) is -2.80. The number of hydrogen-bond acceptors (Lipinski definition) is 7. The number of ether oxygens (including phenoxy) is 1. The standard InChI is InChI=1S/C11H16N2O7/c14-3-7(17)5-2-13(11(19)12-10(5)18)9-1-6(16)8(4-15)20-9/h2,6-9,14-17H,1,3-4H2,(H,12,18,19)/t6-,7?,8+,9+/m0/s1. The quantitative estimate of drug-likeness (QED) is 0.402. The molecule has 1 aromatic heterocycles. The third-order valence-corrected chi connectivity index (χ3v) is 3.22. The zero-order chi connectivity index (χ0) is 14.9. The van der Waals surface area contributed by atoms with Crippen molar-refractivity contribution in [1.82, 2.24) is 9.55 Å². The van der Waals surface area contributed by atoms with Crippen LogP contribution in [0.3, 0.4) is 0 Å². The molecule has 1 aliphatic heterocycles. The third kappa shape index (κ3) is 2.67. The van der Waals surface area contributed by atoms with Crippen LogP contribution in [0.15, 0.2) is 15.8 Å². The summed E-state index contributed by atoms with van der Waals surface area (Å²) < 4.78 is 6.30. The molecule has 5 N–H and O–H groups in total. The number of nitrogens with zero attached hydrogens (tertiary/aromatic N) is 1. The molecule has 9 heteroatoms. The molecule has 0 radical (unpaired) electrons. The minimum atomic E-state index is -1.43. The molecule has 1 saturated heterocycles. The SMILES string of the molecule is O=c1[nH]c(=O)n([C@H]2C[C@H](O)[C@@H](CO)O2)cc1C(O)CO.